The molecular formula is C56H54BN3. The number of para-hydroxylation sites is 3. The molecule has 0 bridgehead atoms. The molecule has 4 aliphatic rings. The zero-order valence-corrected chi connectivity index (χ0v) is 36.3. The van der Waals surface area contributed by atoms with Crippen LogP contribution in [0.2, 0.25) is 0 Å². The van der Waals surface area contributed by atoms with Gasteiger partial charge in [-0.2, -0.15) is 0 Å². The van der Waals surface area contributed by atoms with Gasteiger partial charge in [0.1, 0.15) is 0 Å². The molecule has 296 valence electrons. The quantitative estimate of drug-likeness (QED) is 0.165. The molecule has 0 saturated heterocycles. The Morgan fingerprint density at radius 3 is 1.60 bits per heavy atom. The summed E-state index contributed by atoms with van der Waals surface area (Å²) in [4.78, 5) is 7.90. The van der Waals surface area contributed by atoms with Crippen molar-refractivity contribution in [3.05, 3.63) is 174 Å². The fourth-order valence-electron chi connectivity index (χ4n) is 11.1. The highest BCUT2D eigenvalue weighted by Gasteiger charge is 2.63. The van der Waals surface area contributed by atoms with Gasteiger partial charge in [0, 0.05) is 50.8 Å². The Hall–Kier alpha value is -6.00. The normalized spacial score (nSPS) is 19.9. The lowest BCUT2D eigenvalue weighted by atomic mass is 9.33. The fraction of sp³-hybridized carbons (Fsp3) is 0.250. The van der Waals surface area contributed by atoms with Crippen LogP contribution in [0.5, 0.6) is 0 Å². The van der Waals surface area contributed by atoms with Crippen LogP contribution in [0.15, 0.2) is 158 Å². The summed E-state index contributed by atoms with van der Waals surface area (Å²) < 4.78 is 0. The second kappa shape index (κ2) is 12.8. The molecule has 1 saturated carbocycles. The summed E-state index contributed by atoms with van der Waals surface area (Å²) in [5.74, 6) is 0. The minimum Gasteiger partial charge on any atom is -0.334 e. The van der Waals surface area contributed by atoms with Gasteiger partial charge >= 0.3 is 0 Å². The first kappa shape index (κ1) is 37.0. The second-order valence-electron chi connectivity index (χ2n) is 20.2. The number of hydrogen-bond donors (Lipinski definition) is 0. The Kier molecular flexibility index (Phi) is 7.87. The maximum atomic E-state index is 2.74. The molecule has 0 N–H and O–H groups in total. The summed E-state index contributed by atoms with van der Waals surface area (Å²) in [6.07, 6.45) is 2.33. The zero-order chi connectivity index (χ0) is 41.3. The highest BCUT2D eigenvalue weighted by atomic mass is 15.3. The predicted octanol–water partition coefficient (Wildman–Crippen LogP) is 13.0. The van der Waals surface area contributed by atoms with E-state index >= 15 is 0 Å². The zero-order valence-electron chi connectivity index (χ0n) is 36.3. The summed E-state index contributed by atoms with van der Waals surface area (Å²) in [5, 5.41) is 0. The van der Waals surface area contributed by atoms with Crippen molar-refractivity contribution < 1.29 is 0 Å². The first-order chi connectivity index (χ1) is 28.8. The van der Waals surface area contributed by atoms with Crippen LogP contribution in [0, 0.1) is 0 Å². The van der Waals surface area contributed by atoms with E-state index in [1.807, 2.05) is 0 Å². The third-order valence-corrected chi connectivity index (χ3v) is 14.8. The summed E-state index contributed by atoms with van der Waals surface area (Å²) in [5.41, 5.74) is 20.7. The van der Waals surface area contributed by atoms with Crippen molar-refractivity contribution in [2.75, 3.05) is 14.7 Å². The van der Waals surface area contributed by atoms with E-state index in [1.165, 1.54) is 96.1 Å². The highest BCUT2D eigenvalue weighted by molar-refractivity contribution is 7.00. The molecule has 2 atom stereocenters. The molecule has 11 rings (SSSR count). The Morgan fingerprint density at radius 1 is 0.467 bits per heavy atom. The number of nitrogens with zero attached hydrogens (tertiary/aromatic N) is 3. The standard InChI is InChI=1S/C56H54BN3/c1-53(2,3)38-27-29-46(42(33-38)37-19-11-9-12-20-37)59-49-26-18-16-24-45(49)57-44-23-15-17-25-48(44)58(40-21-13-10-14-22-40)50-35-41(36-51(59)52(50)57)60-47-30-28-39(54(4,5)6)34-43(47)55(7)31-32-56(55,60)8/h9-30,33-36H,31-32H2,1-8H3. The van der Waals surface area contributed by atoms with Gasteiger partial charge in [-0.1, -0.05) is 152 Å². The molecular weight excluding hydrogens is 725 g/mol. The first-order valence-electron chi connectivity index (χ1n) is 21.9. The molecule has 3 nitrogen and oxygen atoms in total. The Balaban J connectivity index is 1.25. The molecule has 2 unspecified atom stereocenters. The van der Waals surface area contributed by atoms with Crippen LogP contribution in [0.25, 0.3) is 11.1 Å². The number of hydrogen-bond acceptors (Lipinski definition) is 3. The van der Waals surface area contributed by atoms with Crippen LogP contribution in [0.4, 0.5) is 45.5 Å². The molecule has 7 aromatic rings. The summed E-state index contributed by atoms with van der Waals surface area (Å²) >= 11 is 0. The molecule has 1 aliphatic carbocycles. The average Bonchev–Trinajstić information content (AvgIpc) is 3.37. The third kappa shape index (κ3) is 5.15. The van der Waals surface area contributed by atoms with Crippen molar-refractivity contribution in [1.82, 2.24) is 0 Å². The van der Waals surface area contributed by atoms with Gasteiger partial charge < -0.3 is 14.7 Å². The van der Waals surface area contributed by atoms with Crippen molar-refractivity contribution in [3.8, 4) is 11.1 Å². The smallest absolute Gasteiger partial charge is 0.252 e. The summed E-state index contributed by atoms with van der Waals surface area (Å²) in [6.45, 7) is 19.1. The topological polar surface area (TPSA) is 9.72 Å². The van der Waals surface area contributed by atoms with Gasteiger partial charge in [-0.25, -0.2) is 0 Å². The van der Waals surface area contributed by atoms with Gasteiger partial charge in [0.25, 0.3) is 6.71 Å². The number of fused-ring (bicyclic) bond motifs is 7. The molecule has 60 heavy (non-hydrogen) atoms. The monoisotopic (exact) mass is 779 g/mol. The van der Waals surface area contributed by atoms with E-state index in [0.29, 0.717) is 0 Å². The van der Waals surface area contributed by atoms with Gasteiger partial charge in [0.2, 0.25) is 0 Å². The van der Waals surface area contributed by atoms with Crippen LogP contribution in [0.1, 0.15) is 84.9 Å². The molecule has 0 amide bonds. The Bertz CT molecular complexity index is 2850. The minimum absolute atomic E-state index is 0.00714. The molecule has 4 heteroatoms. The second-order valence-corrected chi connectivity index (χ2v) is 20.2. The van der Waals surface area contributed by atoms with Gasteiger partial charge in [0.05, 0.1) is 11.2 Å². The van der Waals surface area contributed by atoms with Gasteiger partial charge in [-0.3, -0.25) is 0 Å². The number of rotatable bonds is 4. The van der Waals surface area contributed by atoms with E-state index in [0.717, 1.165) is 6.42 Å². The molecule has 0 radical (unpaired) electrons. The lowest BCUT2D eigenvalue weighted by Gasteiger charge is -2.56. The summed E-state index contributed by atoms with van der Waals surface area (Å²) in [6, 6.07) is 60.0. The lowest BCUT2D eigenvalue weighted by Crippen LogP contribution is -2.62. The summed E-state index contributed by atoms with van der Waals surface area (Å²) in [7, 11) is 0. The van der Waals surface area contributed by atoms with Crippen LogP contribution < -0.4 is 31.1 Å². The van der Waals surface area contributed by atoms with E-state index < -0.39 is 0 Å². The molecule has 1 fully saturated rings. The van der Waals surface area contributed by atoms with E-state index in [1.54, 1.807) is 0 Å². The van der Waals surface area contributed by atoms with Crippen LogP contribution in [-0.4, -0.2) is 12.3 Å². The fourth-order valence-corrected chi connectivity index (χ4v) is 11.1. The predicted molar refractivity (Wildman–Crippen MR) is 257 cm³/mol. The Labute approximate surface area is 357 Å². The lowest BCUT2D eigenvalue weighted by molar-refractivity contribution is 0.133. The van der Waals surface area contributed by atoms with E-state index in [9.17, 15) is 0 Å². The van der Waals surface area contributed by atoms with Crippen molar-refractivity contribution in [1.29, 1.82) is 0 Å². The van der Waals surface area contributed by atoms with Crippen molar-refractivity contribution in [2.24, 2.45) is 0 Å². The van der Waals surface area contributed by atoms with E-state index in [2.05, 4.69) is 228 Å². The van der Waals surface area contributed by atoms with Gasteiger partial charge in [-0.05, 0) is 124 Å². The molecule has 0 spiro atoms. The van der Waals surface area contributed by atoms with E-state index in [-0.39, 0.29) is 28.5 Å². The number of benzene rings is 7. The van der Waals surface area contributed by atoms with Gasteiger partial charge in [0.15, 0.2) is 0 Å². The Morgan fingerprint density at radius 2 is 1.00 bits per heavy atom. The van der Waals surface area contributed by atoms with Crippen LogP contribution in [-0.2, 0) is 16.2 Å². The third-order valence-electron chi connectivity index (χ3n) is 14.8. The van der Waals surface area contributed by atoms with Gasteiger partial charge in [-0.15, -0.1) is 0 Å². The van der Waals surface area contributed by atoms with Crippen molar-refractivity contribution in [3.63, 3.8) is 0 Å². The van der Waals surface area contributed by atoms with Crippen molar-refractivity contribution in [2.45, 2.75) is 90.0 Å². The molecule has 0 aromatic heterocycles. The largest absolute Gasteiger partial charge is 0.334 e. The number of anilines is 8. The molecule has 3 aliphatic heterocycles. The van der Waals surface area contributed by atoms with Crippen molar-refractivity contribution >= 4 is 68.6 Å². The first-order valence-corrected chi connectivity index (χ1v) is 21.9. The van der Waals surface area contributed by atoms with Crippen LogP contribution >= 0.6 is 0 Å². The molecule has 3 heterocycles. The van der Waals surface area contributed by atoms with E-state index in [4.69, 9.17) is 0 Å². The average molecular weight is 780 g/mol. The minimum atomic E-state index is -0.0721. The molecule has 7 aromatic carbocycles. The highest BCUT2D eigenvalue weighted by Crippen LogP contribution is 2.66. The van der Waals surface area contributed by atoms with Crippen LogP contribution in [0.3, 0.4) is 0 Å². The maximum absolute atomic E-state index is 2.74. The SMILES string of the molecule is CC(C)(C)c1ccc(N2c3ccccc3B3c4ccccc4N(c4ccccc4)c4cc(N5c6ccc(C(C)(C)C)cc6C6(C)CCC56C)cc2c43)c(-c2ccccc2)c1. The maximum Gasteiger partial charge on any atom is 0.252 e.